The van der Waals surface area contributed by atoms with Crippen LogP contribution in [0.15, 0.2) is 48.5 Å². The molecule has 29 heavy (non-hydrogen) atoms. The minimum absolute atomic E-state index is 0.0207. The van der Waals surface area contributed by atoms with Crippen LogP contribution in [0.5, 0.6) is 0 Å². The quantitative estimate of drug-likeness (QED) is 0.463. The Hall–Kier alpha value is -2.41. The first kappa shape index (κ1) is 18.6. The fourth-order valence-electron chi connectivity index (χ4n) is 5.69. The Morgan fingerprint density at radius 1 is 0.931 bits per heavy atom. The number of ketones is 1. The molecule has 0 N–H and O–H groups in total. The standard InChI is InChI=1S/C28H30O/c1-4-6-19-11-16-24-23-15-12-20(18-9-13-21(29)14-10-18)17-26(23)28(2,3)25-8-5-7-22(19)27(24)25/h5,7-8,11-12,15-18H,4,6,9-10,13-14H2,1-3H3. The second-order valence-corrected chi connectivity index (χ2v) is 9.49. The number of benzene rings is 3. The van der Waals surface area contributed by atoms with E-state index in [2.05, 4.69) is 69.3 Å². The summed E-state index contributed by atoms with van der Waals surface area (Å²) in [5.74, 6) is 0.959. The SMILES string of the molecule is CCCc1ccc2c3c(cccc13)C(C)(C)c1cc(C3CCC(=O)CC3)ccc1-2. The highest BCUT2D eigenvalue weighted by Gasteiger charge is 2.34. The second-order valence-electron chi connectivity index (χ2n) is 9.49. The molecule has 5 rings (SSSR count). The number of hydrogen-bond donors (Lipinski definition) is 0. The van der Waals surface area contributed by atoms with E-state index >= 15 is 0 Å². The highest BCUT2D eigenvalue weighted by atomic mass is 16.1. The van der Waals surface area contributed by atoms with Crippen molar-refractivity contribution in [2.24, 2.45) is 0 Å². The maximum atomic E-state index is 11.7. The van der Waals surface area contributed by atoms with Gasteiger partial charge in [-0.2, -0.15) is 0 Å². The summed E-state index contributed by atoms with van der Waals surface area (Å²) in [5, 5.41) is 2.88. The Balaban J connectivity index is 1.70. The molecule has 0 unspecified atom stereocenters. The van der Waals surface area contributed by atoms with Gasteiger partial charge in [0.15, 0.2) is 0 Å². The molecule has 1 fully saturated rings. The molecule has 148 valence electrons. The van der Waals surface area contributed by atoms with E-state index in [4.69, 9.17) is 0 Å². The summed E-state index contributed by atoms with van der Waals surface area (Å²) >= 11 is 0. The van der Waals surface area contributed by atoms with Gasteiger partial charge in [0.1, 0.15) is 5.78 Å². The van der Waals surface area contributed by atoms with Crippen molar-refractivity contribution >= 4 is 16.6 Å². The lowest BCUT2D eigenvalue weighted by molar-refractivity contribution is -0.120. The fraction of sp³-hybridized carbons (Fsp3) is 0.393. The van der Waals surface area contributed by atoms with Gasteiger partial charge in [-0.15, -0.1) is 0 Å². The Morgan fingerprint density at radius 3 is 2.45 bits per heavy atom. The van der Waals surface area contributed by atoms with Gasteiger partial charge in [0, 0.05) is 18.3 Å². The second kappa shape index (κ2) is 6.83. The first-order valence-corrected chi connectivity index (χ1v) is 11.2. The Kier molecular flexibility index (Phi) is 4.38. The molecule has 0 saturated heterocycles. The molecular formula is C28H30O. The number of carbonyl (C=O) groups is 1. The van der Waals surface area contributed by atoms with E-state index in [9.17, 15) is 4.79 Å². The zero-order chi connectivity index (χ0) is 20.2. The average Bonchev–Trinajstić information content (AvgIpc) is 2.73. The van der Waals surface area contributed by atoms with Gasteiger partial charge < -0.3 is 0 Å². The minimum atomic E-state index is -0.0207. The zero-order valence-corrected chi connectivity index (χ0v) is 17.8. The molecule has 3 aromatic rings. The van der Waals surface area contributed by atoms with Crippen LogP contribution in [-0.4, -0.2) is 5.78 Å². The van der Waals surface area contributed by atoms with Crippen LogP contribution in [0.1, 0.15) is 81.0 Å². The van der Waals surface area contributed by atoms with Gasteiger partial charge in [0.05, 0.1) is 0 Å². The van der Waals surface area contributed by atoms with E-state index in [1.165, 1.54) is 50.6 Å². The monoisotopic (exact) mass is 382 g/mol. The maximum Gasteiger partial charge on any atom is 0.132 e. The maximum absolute atomic E-state index is 11.7. The summed E-state index contributed by atoms with van der Waals surface area (Å²) in [7, 11) is 0. The molecule has 0 heterocycles. The molecule has 2 aliphatic rings. The lowest BCUT2D eigenvalue weighted by atomic mass is 9.67. The summed E-state index contributed by atoms with van der Waals surface area (Å²) < 4.78 is 0. The lowest BCUT2D eigenvalue weighted by Gasteiger charge is -2.36. The molecule has 0 aromatic heterocycles. The van der Waals surface area contributed by atoms with E-state index in [0.29, 0.717) is 11.7 Å². The van der Waals surface area contributed by atoms with Crippen molar-refractivity contribution in [3.8, 4) is 11.1 Å². The Bertz CT molecular complexity index is 1110. The third-order valence-corrected chi connectivity index (χ3v) is 7.35. The number of aryl methyl sites for hydroxylation is 1. The topological polar surface area (TPSA) is 17.1 Å². The van der Waals surface area contributed by atoms with Crippen molar-refractivity contribution in [1.82, 2.24) is 0 Å². The van der Waals surface area contributed by atoms with Crippen LogP contribution in [-0.2, 0) is 16.6 Å². The Morgan fingerprint density at radius 2 is 1.69 bits per heavy atom. The van der Waals surface area contributed by atoms with E-state index in [1.54, 1.807) is 0 Å². The molecule has 0 spiro atoms. The molecule has 1 nitrogen and oxygen atoms in total. The summed E-state index contributed by atoms with van der Waals surface area (Å²) in [6, 6.07) is 18.7. The number of rotatable bonds is 3. The van der Waals surface area contributed by atoms with Gasteiger partial charge in [-0.3, -0.25) is 4.79 Å². The highest BCUT2D eigenvalue weighted by molar-refractivity contribution is 6.04. The molecule has 2 aliphatic carbocycles. The number of Topliss-reactive ketones (excluding diaryl/α,β-unsaturated/α-hetero) is 1. The summed E-state index contributed by atoms with van der Waals surface area (Å²) in [4.78, 5) is 11.7. The van der Waals surface area contributed by atoms with Crippen molar-refractivity contribution in [3.63, 3.8) is 0 Å². The third kappa shape index (κ3) is 2.86. The van der Waals surface area contributed by atoms with E-state index < -0.39 is 0 Å². The van der Waals surface area contributed by atoms with Gasteiger partial charge in [-0.25, -0.2) is 0 Å². The molecular weight excluding hydrogens is 352 g/mol. The predicted octanol–water partition coefficient (Wildman–Crippen LogP) is 7.33. The lowest BCUT2D eigenvalue weighted by Crippen LogP contribution is -2.24. The van der Waals surface area contributed by atoms with Gasteiger partial charge in [0.2, 0.25) is 0 Å². The average molecular weight is 383 g/mol. The largest absolute Gasteiger partial charge is 0.300 e. The van der Waals surface area contributed by atoms with E-state index in [1.807, 2.05) is 0 Å². The number of carbonyl (C=O) groups excluding carboxylic acids is 1. The third-order valence-electron chi connectivity index (χ3n) is 7.35. The summed E-state index contributed by atoms with van der Waals surface area (Å²) in [6.45, 7) is 7.02. The molecule has 0 amide bonds. The molecule has 1 saturated carbocycles. The van der Waals surface area contributed by atoms with Crippen molar-refractivity contribution < 1.29 is 4.79 Å². The molecule has 0 bridgehead atoms. The van der Waals surface area contributed by atoms with E-state index in [0.717, 1.165) is 32.1 Å². The summed E-state index contributed by atoms with van der Waals surface area (Å²) in [6.07, 6.45) is 5.80. The summed E-state index contributed by atoms with van der Waals surface area (Å²) in [5.41, 5.74) is 8.53. The van der Waals surface area contributed by atoms with Crippen LogP contribution in [0.4, 0.5) is 0 Å². The van der Waals surface area contributed by atoms with Crippen LogP contribution in [0.25, 0.3) is 21.9 Å². The molecule has 0 aliphatic heterocycles. The van der Waals surface area contributed by atoms with Gasteiger partial charge in [-0.05, 0) is 69.3 Å². The van der Waals surface area contributed by atoms with Gasteiger partial charge >= 0.3 is 0 Å². The molecule has 0 atom stereocenters. The number of hydrogen-bond acceptors (Lipinski definition) is 1. The van der Waals surface area contributed by atoms with Crippen LogP contribution in [0.3, 0.4) is 0 Å². The Labute approximate surface area is 174 Å². The van der Waals surface area contributed by atoms with Crippen LogP contribution < -0.4 is 0 Å². The normalized spacial score (nSPS) is 18.1. The fourth-order valence-corrected chi connectivity index (χ4v) is 5.69. The van der Waals surface area contributed by atoms with Crippen LogP contribution >= 0.6 is 0 Å². The van der Waals surface area contributed by atoms with Crippen molar-refractivity contribution in [1.29, 1.82) is 0 Å². The number of fused-ring (bicyclic) bond motifs is 2. The van der Waals surface area contributed by atoms with Gasteiger partial charge in [0.25, 0.3) is 0 Å². The van der Waals surface area contributed by atoms with Crippen LogP contribution in [0, 0.1) is 0 Å². The van der Waals surface area contributed by atoms with Crippen molar-refractivity contribution in [2.75, 3.05) is 0 Å². The van der Waals surface area contributed by atoms with E-state index in [-0.39, 0.29) is 5.41 Å². The molecule has 0 radical (unpaired) electrons. The predicted molar refractivity (Wildman–Crippen MR) is 122 cm³/mol. The van der Waals surface area contributed by atoms with Crippen molar-refractivity contribution in [3.05, 3.63) is 70.8 Å². The van der Waals surface area contributed by atoms with Gasteiger partial charge in [-0.1, -0.05) is 75.7 Å². The first-order chi connectivity index (χ1) is 14.0. The molecule has 1 heteroatoms. The smallest absolute Gasteiger partial charge is 0.132 e. The van der Waals surface area contributed by atoms with Crippen molar-refractivity contribution in [2.45, 2.75) is 70.6 Å². The molecule has 3 aromatic carbocycles. The van der Waals surface area contributed by atoms with Crippen LogP contribution in [0.2, 0.25) is 0 Å². The zero-order valence-electron chi connectivity index (χ0n) is 17.8. The highest BCUT2D eigenvalue weighted by Crippen LogP contribution is 2.50. The first-order valence-electron chi connectivity index (χ1n) is 11.2. The minimum Gasteiger partial charge on any atom is -0.300 e.